The molecule has 30 heavy (non-hydrogen) atoms. The van der Waals surface area contributed by atoms with Gasteiger partial charge in [0, 0.05) is 48.9 Å². The number of likely N-dealkylation sites (N-methyl/N-ethyl adjacent to an activating group) is 1. The van der Waals surface area contributed by atoms with Gasteiger partial charge >= 0.3 is 0 Å². The summed E-state index contributed by atoms with van der Waals surface area (Å²) < 4.78 is 0. The number of anilines is 1. The Bertz CT molecular complexity index is 969. The number of rotatable bonds is 3. The molecule has 0 amide bonds. The van der Waals surface area contributed by atoms with Crippen molar-refractivity contribution in [3.05, 3.63) is 52.7 Å². The van der Waals surface area contributed by atoms with Crippen molar-refractivity contribution in [3.8, 4) is 0 Å². The van der Waals surface area contributed by atoms with Crippen molar-refractivity contribution < 1.29 is 0 Å². The summed E-state index contributed by atoms with van der Waals surface area (Å²) in [6, 6.07) is 9.79. The zero-order valence-corrected chi connectivity index (χ0v) is 18.4. The molecule has 4 rings (SSSR count). The molecule has 0 spiro atoms. The topological polar surface area (TPSA) is 71.9 Å². The van der Waals surface area contributed by atoms with Crippen LogP contribution in [-0.4, -0.2) is 71.1 Å². The molecule has 0 aliphatic carbocycles. The highest BCUT2D eigenvalue weighted by Crippen LogP contribution is 2.22. The maximum Gasteiger partial charge on any atom is 0.223 e. The number of nitrogens with zero attached hydrogens (tertiary/aromatic N) is 5. The van der Waals surface area contributed by atoms with Gasteiger partial charge in [-0.2, -0.15) is 10.1 Å². The van der Waals surface area contributed by atoms with Crippen molar-refractivity contribution in [2.24, 2.45) is 15.9 Å². The first kappa shape index (κ1) is 20.6. The van der Waals surface area contributed by atoms with Gasteiger partial charge < -0.3 is 15.1 Å². The summed E-state index contributed by atoms with van der Waals surface area (Å²) in [5.74, 6) is 2.53. The van der Waals surface area contributed by atoms with Crippen LogP contribution in [-0.2, 0) is 0 Å². The Balaban J connectivity index is 1.60. The molecular formula is C22H28ClN7. The van der Waals surface area contributed by atoms with E-state index < -0.39 is 0 Å². The van der Waals surface area contributed by atoms with Crippen LogP contribution in [0.1, 0.15) is 18.2 Å². The number of hydrogen-bond acceptors (Lipinski definition) is 6. The van der Waals surface area contributed by atoms with Crippen LogP contribution in [0.25, 0.3) is 6.08 Å². The quantitative estimate of drug-likeness (QED) is 0.789. The van der Waals surface area contributed by atoms with Gasteiger partial charge in [0.1, 0.15) is 5.84 Å². The number of aromatic nitrogens is 2. The third-order valence-corrected chi connectivity index (χ3v) is 5.75. The summed E-state index contributed by atoms with van der Waals surface area (Å²) in [7, 11) is 2.15. The van der Waals surface area contributed by atoms with Crippen LogP contribution in [0.5, 0.6) is 0 Å². The Morgan fingerprint density at radius 1 is 1.20 bits per heavy atom. The lowest BCUT2D eigenvalue weighted by molar-refractivity contribution is 0.213. The van der Waals surface area contributed by atoms with E-state index in [0.717, 1.165) is 60.1 Å². The minimum absolute atomic E-state index is 0.0290. The van der Waals surface area contributed by atoms with Gasteiger partial charge in [-0.05, 0) is 31.7 Å². The van der Waals surface area contributed by atoms with Crippen molar-refractivity contribution in [3.63, 3.8) is 0 Å². The maximum atomic E-state index is 6.14. The van der Waals surface area contributed by atoms with Crippen LogP contribution in [0.2, 0.25) is 5.02 Å². The molecule has 2 aliphatic heterocycles. The van der Waals surface area contributed by atoms with Gasteiger partial charge in [-0.3, -0.25) is 5.10 Å². The first-order valence-electron chi connectivity index (χ1n) is 10.3. The lowest BCUT2D eigenvalue weighted by Gasteiger charge is -2.35. The summed E-state index contributed by atoms with van der Waals surface area (Å²) in [5.41, 5.74) is 2.07. The number of aromatic amines is 1. The summed E-state index contributed by atoms with van der Waals surface area (Å²) >= 11 is 6.14. The van der Waals surface area contributed by atoms with E-state index in [1.165, 1.54) is 0 Å². The minimum Gasteiger partial charge on any atom is -0.338 e. The van der Waals surface area contributed by atoms with E-state index in [2.05, 4.69) is 51.4 Å². The number of aliphatic imine (C=N–C) groups is 2. The smallest absolute Gasteiger partial charge is 0.223 e. The molecule has 0 radical (unpaired) electrons. The number of halogens is 1. The molecule has 1 saturated heterocycles. The fourth-order valence-electron chi connectivity index (χ4n) is 3.59. The van der Waals surface area contributed by atoms with Crippen molar-refractivity contribution in [2.75, 3.05) is 38.5 Å². The maximum absolute atomic E-state index is 6.14. The number of H-pyrrole nitrogens is 1. The molecule has 3 heterocycles. The monoisotopic (exact) mass is 425 g/mol. The van der Waals surface area contributed by atoms with Gasteiger partial charge in [0.25, 0.3) is 0 Å². The second-order valence-corrected chi connectivity index (χ2v) is 8.41. The second kappa shape index (κ2) is 9.02. The summed E-state index contributed by atoms with van der Waals surface area (Å²) in [4.78, 5) is 14.5. The number of piperazine rings is 1. The fraction of sp³-hybridized carbons (Fsp3) is 0.409. The van der Waals surface area contributed by atoms with Crippen LogP contribution in [0.15, 0.2) is 46.4 Å². The van der Waals surface area contributed by atoms with E-state index in [9.17, 15) is 0 Å². The molecule has 158 valence electrons. The summed E-state index contributed by atoms with van der Waals surface area (Å²) in [6.45, 7) is 7.99. The van der Waals surface area contributed by atoms with E-state index in [1.807, 2.05) is 37.3 Å². The third-order valence-electron chi connectivity index (χ3n) is 5.51. The fourth-order valence-corrected chi connectivity index (χ4v) is 3.79. The van der Waals surface area contributed by atoms with Crippen LogP contribution >= 0.6 is 11.6 Å². The van der Waals surface area contributed by atoms with Crippen LogP contribution < -0.4 is 5.32 Å². The van der Waals surface area contributed by atoms with E-state index in [-0.39, 0.29) is 12.0 Å². The van der Waals surface area contributed by atoms with E-state index in [1.54, 1.807) is 0 Å². The Morgan fingerprint density at radius 3 is 2.70 bits per heavy atom. The Morgan fingerprint density at radius 2 is 2.00 bits per heavy atom. The molecule has 1 aromatic heterocycles. The standard InChI is InChI=1S/C22H28ClN7/c1-15-13-20(28-27-15)25-21-16(2)19(8-7-17-5-4-6-18(23)14-17)24-22(26-21)30-11-9-29(3)10-12-30/h4-8,13-14,16,19H,9-12H2,1-3H3,(H2,24,25,26,27,28). The number of aryl methyl sites for hydroxylation is 1. The molecule has 1 fully saturated rings. The lowest BCUT2D eigenvalue weighted by Crippen LogP contribution is -2.49. The molecule has 2 N–H and O–H groups in total. The number of amidine groups is 1. The second-order valence-electron chi connectivity index (χ2n) is 7.97. The van der Waals surface area contributed by atoms with E-state index in [4.69, 9.17) is 21.6 Å². The third kappa shape index (κ3) is 4.91. The lowest BCUT2D eigenvalue weighted by atomic mass is 9.98. The molecule has 0 saturated carbocycles. The van der Waals surface area contributed by atoms with Gasteiger partial charge in [-0.25, -0.2) is 4.99 Å². The SMILES string of the molecule is Cc1cc(NC2=NC(N3CCN(C)CC3)=NC(C=Cc3cccc(Cl)c3)C2C)n[nH]1. The molecular weight excluding hydrogens is 398 g/mol. The number of benzene rings is 1. The average molecular weight is 426 g/mol. The van der Waals surface area contributed by atoms with Crippen molar-refractivity contribution in [2.45, 2.75) is 19.9 Å². The molecule has 2 unspecified atom stereocenters. The minimum atomic E-state index is -0.0290. The normalized spacial score (nSPS) is 22.9. The summed E-state index contributed by atoms with van der Waals surface area (Å²) in [6.07, 6.45) is 4.22. The van der Waals surface area contributed by atoms with Gasteiger partial charge in [0.15, 0.2) is 5.82 Å². The Labute approximate surface area is 182 Å². The van der Waals surface area contributed by atoms with Crippen LogP contribution in [0.3, 0.4) is 0 Å². The average Bonchev–Trinajstić information content (AvgIpc) is 3.14. The van der Waals surface area contributed by atoms with Gasteiger partial charge in [-0.1, -0.05) is 42.8 Å². The molecule has 0 bridgehead atoms. The first-order chi connectivity index (χ1) is 14.5. The first-order valence-corrected chi connectivity index (χ1v) is 10.7. The van der Waals surface area contributed by atoms with Crippen molar-refractivity contribution >= 4 is 35.3 Å². The van der Waals surface area contributed by atoms with E-state index in [0.29, 0.717) is 0 Å². The molecule has 2 aromatic rings. The zero-order valence-electron chi connectivity index (χ0n) is 17.6. The highest BCUT2D eigenvalue weighted by molar-refractivity contribution is 6.30. The van der Waals surface area contributed by atoms with Crippen molar-refractivity contribution in [1.29, 1.82) is 0 Å². The van der Waals surface area contributed by atoms with Crippen LogP contribution in [0.4, 0.5) is 5.82 Å². The van der Waals surface area contributed by atoms with Gasteiger partial charge in [-0.15, -0.1) is 0 Å². The molecule has 1 aromatic carbocycles. The predicted octanol–water partition coefficient (Wildman–Crippen LogP) is 3.52. The number of hydrogen-bond donors (Lipinski definition) is 2. The number of nitrogens with one attached hydrogen (secondary N) is 2. The number of guanidine groups is 1. The molecule has 2 atom stereocenters. The predicted molar refractivity (Wildman–Crippen MR) is 124 cm³/mol. The molecule has 8 heteroatoms. The molecule has 7 nitrogen and oxygen atoms in total. The zero-order chi connectivity index (χ0) is 21.1. The Kier molecular flexibility index (Phi) is 6.20. The highest BCUT2D eigenvalue weighted by Gasteiger charge is 2.29. The van der Waals surface area contributed by atoms with Crippen molar-refractivity contribution in [1.82, 2.24) is 20.0 Å². The molecule has 2 aliphatic rings. The van der Waals surface area contributed by atoms with Gasteiger partial charge in [0.2, 0.25) is 5.96 Å². The van der Waals surface area contributed by atoms with Crippen LogP contribution in [0, 0.1) is 12.8 Å². The summed E-state index contributed by atoms with van der Waals surface area (Å²) in [5, 5.41) is 11.4. The largest absolute Gasteiger partial charge is 0.338 e. The van der Waals surface area contributed by atoms with Gasteiger partial charge in [0.05, 0.1) is 6.04 Å². The highest BCUT2D eigenvalue weighted by atomic mass is 35.5. The Hall–Kier alpha value is -2.64. The van der Waals surface area contributed by atoms with E-state index >= 15 is 0 Å².